The summed E-state index contributed by atoms with van der Waals surface area (Å²) in [5, 5.41) is 19.5. The predicted molar refractivity (Wildman–Crippen MR) is 65.9 cm³/mol. The van der Waals surface area contributed by atoms with Gasteiger partial charge in [-0.3, -0.25) is 0 Å². The Labute approximate surface area is 105 Å². The first-order valence-corrected chi connectivity index (χ1v) is 6.04. The topological polar surface area (TPSA) is 74.7 Å². The van der Waals surface area contributed by atoms with E-state index in [1.54, 1.807) is 12.4 Å². The Morgan fingerprint density at radius 2 is 2.29 bits per heavy atom. The number of aromatic nitrogens is 4. The Morgan fingerprint density at radius 3 is 3.06 bits per heavy atom. The minimum absolute atomic E-state index is 0.116. The van der Waals surface area contributed by atoms with Gasteiger partial charge in [0, 0.05) is 17.8 Å². The maximum Gasteiger partial charge on any atom is 0.150 e. The summed E-state index contributed by atoms with van der Waals surface area (Å²) < 4.78 is 0. The Kier molecular flexibility index (Phi) is 2.54. The molecule has 7 heteroatoms. The van der Waals surface area contributed by atoms with Crippen molar-refractivity contribution >= 4 is 34.0 Å². The van der Waals surface area contributed by atoms with Crippen LogP contribution in [0.2, 0.25) is 5.02 Å². The van der Waals surface area contributed by atoms with Crippen LogP contribution in [-0.2, 0) is 6.61 Å². The molecule has 0 radical (unpaired) electrons. The first-order chi connectivity index (χ1) is 8.29. The fourth-order valence-corrected chi connectivity index (χ4v) is 2.61. The summed E-state index contributed by atoms with van der Waals surface area (Å²) in [6.45, 7) is -0.116. The van der Waals surface area contributed by atoms with Crippen LogP contribution in [0.1, 0.15) is 5.01 Å². The van der Waals surface area contributed by atoms with Crippen molar-refractivity contribution in [3.8, 4) is 10.6 Å². The Hall–Kier alpha value is -1.50. The molecule has 3 aromatic rings. The van der Waals surface area contributed by atoms with E-state index < -0.39 is 0 Å². The standard InChI is InChI=1S/C10H7ClN4OS/c11-8-5-1-2-12-9(5)13-3-6(8)10-15-14-7(4-16)17-10/h1-3,16H,4H2,(H,12,13). The molecule has 0 saturated carbocycles. The number of fused-ring (bicyclic) bond motifs is 1. The van der Waals surface area contributed by atoms with Gasteiger partial charge in [-0.25, -0.2) is 4.98 Å². The van der Waals surface area contributed by atoms with Crippen LogP contribution in [-0.4, -0.2) is 25.3 Å². The van der Waals surface area contributed by atoms with Crippen LogP contribution in [0, 0.1) is 0 Å². The third kappa shape index (κ3) is 1.70. The van der Waals surface area contributed by atoms with Crippen molar-refractivity contribution in [1.29, 1.82) is 0 Å². The third-order valence-electron chi connectivity index (χ3n) is 2.35. The largest absolute Gasteiger partial charge is 0.389 e. The van der Waals surface area contributed by atoms with Gasteiger partial charge in [0.05, 0.1) is 17.2 Å². The summed E-state index contributed by atoms with van der Waals surface area (Å²) in [4.78, 5) is 7.24. The van der Waals surface area contributed by atoms with Gasteiger partial charge >= 0.3 is 0 Å². The van der Waals surface area contributed by atoms with Gasteiger partial charge in [0.2, 0.25) is 0 Å². The van der Waals surface area contributed by atoms with Crippen molar-refractivity contribution in [3.63, 3.8) is 0 Å². The Balaban J connectivity index is 2.19. The number of hydrogen-bond acceptors (Lipinski definition) is 5. The van der Waals surface area contributed by atoms with Crippen LogP contribution < -0.4 is 0 Å². The average Bonchev–Trinajstić information content (AvgIpc) is 2.97. The van der Waals surface area contributed by atoms with Gasteiger partial charge in [-0.05, 0) is 6.07 Å². The smallest absolute Gasteiger partial charge is 0.150 e. The number of rotatable bonds is 2. The highest BCUT2D eigenvalue weighted by Crippen LogP contribution is 2.34. The summed E-state index contributed by atoms with van der Waals surface area (Å²) in [7, 11) is 0. The fraction of sp³-hybridized carbons (Fsp3) is 0.100. The van der Waals surface area contributed by atoms with E-state index in [2.05, 4.69) is 20.2 Å². The number of aliphatic hydroxyl groups excluding tert-OH is 1. The first-order valence-electron chi connectivity index (χ1n) is 4.85. The van der Waals surface area contributed by atoms with Gasteiger partial charge in [0.25, 0.3) is 0 Å². The lowest BCUT2D eigenvalue weighted by Crippen LogP contribution is -1.84. The molecule has 0 bridgehead atoms. The number of aliphatic hydroxyl groups is 1. The first kappa shape index (κ1) is 10.6. The molecule has 0 atom stereocenters. The second-order valence-corrected chi connectivity index (χ2v) is 4.82. The Morgan fingerprint density at radius 1 is 1.41 bits per heavy atom. The molecule has 0 fully saturated rings. The zero-order valence-electron chi connectivity index (χ0n) is 8.51. The van der Waals surface area contributed by atoms with Gasteiger partial charge in [0.1, 0.15) is 10.7 Å². The SMILES string of the molecule is OCc1nnc(-c2cnc3[nH]ccc3c2Cl)s1. The molecule has 5 nitrogen and oxygen atoms in total. The van der Waals surface area contributed by atoms with Crippen molar-refractivity contribution in [2.24, 2.45) is 0 Å². The lowest BCUT2D eigenvalue weighted by molar-refractivity contribution is 0.280. The number of halogens is 1. The maximum atomic E-state index is 8.96. The van der Waals surface area contributed by atoms with E-state index in [0.717, 1.165) is 16.6 Å². The lowest BCUT2D eigenvalue weighted by Gasteiger charge is -1.99. The number of pyridine rings is 1. The number of H-pyrrole nitrogens is 1. The minimum atomic E-state index is -0.116. The molecule has 0 saturated heterocycles. The molecule has 2 N–H and O–H groups in total. The van der Waals surface area contributed by atoms with Crippen molar-refractivity contribution in [2.45, 2.75) is 6.61 Å². The van der Waals surface area contributed by atoms with Crippen molar-refractivity contribution < 1.29 is 5.11 Å². The third-order valence-corrected chi connectivity index (χ3v) is 3.70. The van der Waals surface area contributed by atoms with E-state index in [1.165, 1.54) is 11.3 Å². The molecule has 86 valence electrons. The maximum absolute atomic E-state index is 8.96. The molecule has 3 heterocycles. The molecular formula is C10H7ClN4OS. The molecular weight excluding hydrogens is 260 g/mol. The molecule has 0 aliphatic rings. The highest BCUT2D eigenvalue weighted by atomic mass is 35.5. The minimum Gasteiger partial charge on any atom is -0.389 e. The summed E-state index contributed by atoms with van der Waals surface area (Å²) in [5.74, 6) is 0. The summed E-state index contributed by atoms with van der Waals surface area (Å²) in [6.07, 6.45) is 3.44. The van der Waals surface area contributed by atoms with Gasteiger partial charge in [-0.2, -0.15) is 0 Å². The van der Waals surface area contributed by atoms with Crippen LogP contribution in [0.4, 0.5) is 0 Å². The molecule has 0 aliphatic carbocycles. The zero-order chi connectivity index (χ0) is 11.8. The lowest BCUT2D eigenvalue weighted by atomic mass is 10.2. The van der Waals surface area contributed by atoms with Crippen molar-refractivity contribution in [2.75, 3.05) is 0 Å². The monoisotopic (exact) mass is 266 g/mol. The van der Waals surface area contributed by atoms with Crippen LogP contribution >= 0.6 is 22.9 Å². The van der Waals surface area contributed by atoms with E-state index in [9.17, 15) is 0 Å². The number of nitrogens with one attached hydrogen (secondary N) is 1. The molecule has 3 aromatic heterocycles. The predicted octanol–water partition coefficient (Wildman–Crippen LogP) is 2.23. The molecule has 0 aliphatic heterocycles. The zero-order valence-corrected chi connectivity index (χ0v) is 10.1. The van der Waals surface area contributed by atoms with Crippen LogP contribution in [0.25, 0.3) is 21.6 Å². The van der Waals surface area contributed by atoms with Crippen LogP contribution in [0.3, 0.4) is 0 Å². The van der Waals surface area contributed by atoms with Gasteiger partial charge in [0.15, 0.2) is 5.01 Å². The van der Waals surface area contributed by atoms with Gasteiger partial charge in [-0.15, -0.1) is 10.2 Å². The highest BCUT2D eigenvalue weighted by molar-refractivity contribution is 7.14. The van der Waals surface area contributed by atoms with E-state index in [4.69, 9.17) is 16.7 Å². The van der Waals surface area contributed by atoms with Crippen molar-refractivity contribution in [3.05, 3.63) is 28.5 Å². The number of nitrogens with zero attached hydrogens (tertiary/aromatic N) is 3. The molecule has 17 heavy (non-hydrogen) atoms. The quantitative estimate of drug-likeness (QED) is 0.746. The highest BCUT2D eigenvalue weighted by Gasteiger charge is 2.13. The number of hydrogen-bond donors (Lipinski definition) is 2. The molecule has 0 spiro atoms. The van der Waals surface area contributed by atoms with Crippen molar-refractivity contribution in [1.82, 2.24) is 20.2 Å². The van der Waals surface area contributed by atoms with Crippen LogP contribution in [0.5, 0.6) is 0 Å². The van der Waals surface area contributed by atoms with Gasteiger partial charge < -0.3 is 10.1 Å². The summed E-state index contributed by atoms with van der Waals surface area (Å²) >= 11 is 7.59. The molecule has 0 unspecified atom stereocenters. The second kappa shape index (κ2) is 4.06. The van der Waals surface area contributed by atoms with Gasteiger partial charge in [-0.1, -0.05) is 22.9 Å². The normalized spacial score (nSPS) is 11.2. The molecule has 0 amide bonds. The molecule has 3 rings (SSSR count). The number of aromatic amines is 1. The Bertz CT molecular complexity index is 678. The average molecular weight is 267 g/mol. The van der Waals surface area contributed by atoms with E-state index in [0.29, 0.717) is 15.0 Å². The summed E-state index contributed by atoms with van der Waals surface area (Å²) in [6, 6.07) is 1.86. The van der Waals surface area contributed by atoms with E-state index >= 15 is 0 Å². The second-order valence-electron chi connectivity index (χ2n) is 3.38. The summed E-state index contributed by atoms with van der Waals surface area (Å²) in [5.41, 5.74) is 1.47. The van der Waals surface area contributed by atoms with Crippen LogP contribution in [0.15, 0.2) is 18.5 Å². The van der Waals surface area contributed by atoms with E-state index in [1.807, 2.05) is 6.07 Å². The fourth-order valence-electron chi connectivity index (χ4n) is 1.55. The molecule has 0 aromatic carbocycles. The van der Waals surface area contributed by atoms with E-state index in [-0.39, 0.29) is 6.61 Å².